The maximum absolute atomic E-state index is 8.58. The van der Waals surface area contributed by atoms with Crippen LogP contribution in [0.25, 0.3) is 0 Å². The molecule has 0 amide bonds. The Labute approximate surface area is 105 Å². The van der Waals surface area contributed by atoms with Crippen LogP contribution in [0.4, 0.5) is 0 Å². The molecule has 0 aliphatic heterocycles. The van der Waals surface area contributed by atoms with Crippen molar-refractivity contribution in [2.24, 2.45) is 5.16 Å². The molecular weight excluding hydrogens is 230 g/mol. The first-order valence-corrected chi connectivity index (χ1v) is 5.42. The fourth-order valence-corrected chi connectivity index (χ4v) is 1.51. The van der Waals surface area contributed by atoms with Gasteiger partial charge in [-0.3, -0.25) is 0 Å². The Morgan fingerprint density at radius 3 is 2.33 bits per heavy atom. The molecule has 4 nitrogen and oxygen atoms in total. The van der Waals surface area contributed by atoms with E-state index in [-0.39, 0.29) is 0 Å². The quantitative estimate of drug-likeness (QED) is 0.509. The van der Waals surface area contributed by atoms with Gasteiger partial charge in [0.25, 0.3) is 0 Å². The smallest absolute Gasteiger partial charge is 0.136 e. The first-order valence-electron chi connectivity index (χ1n) is 5.42. The number of oxime groups is 1. The highest BCUT2D eigenvalue weighted by atomic mass is 16.5. The summed E-state index contributed by atoms with van der Waals surface area (Å²) in [6.07, 6.45) is 1.33. The van der Waals surface area contributed by atoms with E-state index < -0.39 is 0 Å². The van der Waals surface area contributed by atoms with E-state index in [0.717, 1.165) is 5.75 Å². The van der Waals surface area contributed by atoms with Gasteiger partial charge in [-0.1, -0.05) is 17.3 Å². The van der Waals surface area contributed by atoms with Crippen molar-refractivity contribution < 1.29 is 14.7 Å². The second-order valence-corrected chi connectivity index (χ2v) is 3.56. The Kier molecular flexibility index (Phi) is 3.81. The van der Waals surface area contributed by atoms with Crippen LogP contribution >= 0.6 is 0 Å². The Hall–Kier alpha value is -2.49. The molecule has 18 heavy (non-hydrogen) atoms. The average molecular weight is 243 g/mol. The van der Waals surface area contributed by atoms with Crippen molar-refractivity contribution in [1.82, 2.24) is 0 Å². The molecule has 0 radical (unpaired) electrons. The maximum atomic E-state index is 8.58. The molecule has 0 bridgehead atoms. The fraction of sp³-hybridized carbons (Fsp3) is 0.0714. The summed E-state index contributed by atoms with van der Waals surface area (Å²) in [5.74, 6) is 2.09. The number of nitrogens with zero attached hydrogens (tertiary/aromatic N) is 1. The van der Waals surface area contributed by atoms with Gasteiger partial charge in [0.2, 0.25) is 0 Å². The van der Waals surface area contributed by atoms with Crippen LogP contribution < -0.4 is 9.47 Å². The predicted molar refractivity (Wildman–Crippen MR) is 68.9 cm³/mol. The van der Waals surface area contributed by atoms with Crippen LogP contribution in [-0.2, 0) is 0 Å². The molecule has 2 aromatic rings. The van der Waals surface area contributed by atoms with Crippen molar-refractivity contribution in [1.29, 1.82) is 0 Å². The van der Waals surface area contributed by atoms with Gasteiger partial charge >= 0.3 is 0 Å². The van der Waals surface area contributed by atoms with Crippen LogP contribution in [0, 0.1) is 0 Å². The van der Waals surface area contributed by atoms with Crippen molar-refractivity contribution in [3.8, 4) is 17.2 Å². The Bertz CT molecular complexity index is 535. The first-order chi connectivity index (χ1) is 8.83. The number of methoxy groups -OCH3 is 1. The molecule has 0 aromatic heterocycles. The van der Waals surface area contributed by atoms with Gasteiger partial charge in [0.15, 0.2) is 0 Å². The van der Waals surface area contributed by atoms with Crippen LogP contribution in [0.15, 0.2) is 53.7 Å². The number of hydrogen-bond donors (Lipinski definition) is 1. The molecule has 92 valence electrons. The van der Waals surface area contributed by atoms with Gasteiger partial charge < -0.3 is 14.7 Å². The molecule has 0 aliphatic carbocycles. The normalized spacial score (nSPS) is 10.5. The van der Waals surface area contributed by atoms with E-state index in [1.54, 1.807) is 19.2 Å². The van der Waals surface area contributed by atoms with E-state index in [4.69, 9.17) is 14.7 Å². The van der Waals surface area contributed by atoms with E-state index in [1.165, 1.54) is 6.21 Å². The van der Waals surface area contributed by atoms with Crippen molar-refractivity contribution in [3.63, 3.8) is 0 Å². The van der Waals surface area contributed by atoms with Gasteiger partial charge in [0.1, 0.15) is 17.2 Å². The Balaban J connectivity index is 2.22. The number of rotatable bonds is 4. The molecule has 0 saturated carbocycles. The molecule has 0 heterocycles. The zero-order chi connectivity index (χ0) is 12.8. The lowest BCUT2D eigenvalue weighted by atomic mass is 10.2. The summed E-state index contributed by atoms with van der Waals surface area (Å²) in [7, 11) is 1.61. The zero-order valence-corrected chi connectivity index (χ0v) is 9.91. The highest BCUT2D eigenvalue weighted by Gasteiger charge is 2.02. The third kappa shape index (κ3) is 2.79. The lowest BCUT2D eigenvalue weighted by Crippen LogP contribution is -1.90. The van der Waals surface area contributed by atoms with Crippen LogP contribution in [0.5, 0.6) is 17.2 Å². The molecular formula is C14H13NO3. The van der Waals surface area contributed by atoms with Gasteiger partial charge in [-0.25, -0.2) is 0 Å². The summed E-state index contributed by atoms with van der Waals surface area (Å²) in [4.78, 5) is 0. The topological polar surface area (TPSA) is 51.0 Å². The Morgan fingerprint density at radius 1 is 1.00 bits per heavy atom. The third-order valence-corrected chi connectivity index (χ3v) is 2.40. The van der Waals surface area contributed by atoms with E-state index in [2.05, 4.69) is 5.16 Å². The van der Waals surface area contributed by atoms with Crippen molar-refractivity contribution in [2.75, 3.05) is 7.11 Å². The standard InChI is InChI=1S/C14H13NO3/c1-17-12-6-8-13(9-7-12)18-14-5-3-2-4-11(14)10-15-16/h2-10,16H,1H3/b15-10-. The summed E-state index contributed by atoms with van der Waals surface area (Å²) in [6.45, 7) is 0. The van der Waals surface area contributed by atoms with E-state index >= 15 is 0 Å². The van der Waals surface area contributed by atoms with Crippen molar-refractivity contribution in [2.45, 2.75) is 0 Å². The summed E-state index contributed by atoms with van der Waals surface area (Å²) in [5.41, 5.74) is 0.704. The van der Waals surface area contributed by atoms with Gasteiger partial charge in [-0.2, -0.15) is 0 Å². The van der Waals surface area contributed by atoms with Gasteiger partial charge in [0.05, 0.1) is 13.3 Å². The minimum Gasteiger partial charge on any atom is -0.497 e. The largest absolute Gasteiger partial charge is 0.497 e. The summed E-state index contributed by atoms with van der Waals surface area (Å²) < 4.78 is 10.8. The lowest BCUT2D eigenvalue weighted by Gasteiger charge is -2.08. The first kappa shape index (κ1) is 12.0. The molecule has 0 fully saturated rings. The summed E-state index contributed by atoms with van der Waals surface area (Å²) in [6, 6.07) is 14.6. The fourth-order valence-electron chi connectivity index (χ4n) is 1.51. The van der Waals surface area contributed by atoms with Crippen molar-refractivity contribution >= 4 is 6.21 Å². The highest BCUT2D eigenvalue weighted by Crippen LogP contribution is 2.25. The molecule has 1 N–H and O–H groups in total. The number of ether oxygens (including phenoxy) is 2. The van der Waals surface area contributed by atoms with E-state index in [1.807, 2.05) is 36.4 Å². The van der Waals surface area contributed by atoms with Crippen LogP contribution in [0.3, 0.4) is 0 Å². The lowest BCUT2D eigenvalue weighted by molar-refractivity contribution is 0.321. The van der Waals surface area contributed by atoms with E-state index in [0.29, 0.717) is 17.1 Å². The average Bonchev–Trinajstić information content (AvgIpc) is 2.42. The molecule has 2 aromatic carbocycles. The number of hydrogen-bond acceptors (Lipinski definition) is 4. The molecule has 0 spiro atoms. The summed E-state index contributed by atoms with van der Waals surface area (Å²) in [5, 5.41) is 11.6. The molecule has 0 unspecified atom stereocenters. The minimum absolute atomic E-state index is 0.625. The SMILES string of the molecule is COc1ccc(Oc2ccccc2/C=N\O)cc1. The van der Waals surface area contributed by atoms with Gasteiger partial charge in [-0.15, -0.1) is 0 Å². The molecule has 0 saturated heterocycles. The van der Waals surface area contributed by atoms with Gasteiger partial charge in [-0.05, 0) is 36.4 Å². The molecule has 2 rings (SSSR count). The molecule has 4 heteroatoms. The zero-order valence-electron chi connectivity index (χ0n) is 9.91. The van der Waals surface area contributed by atoms with E-state index in [9.17, 15) is 0 Å². The highest BCUT2D eigenvalue weighted by molar-refractivity contribution is 5.83. The Morgan fingerprint density at radius 2 is 1.67 bits per heavy atom. The second-order valence-electron chi connectivity index (χ2n) is 3.56. The molecule has 0 aliphatic rings. The number of benzene rings is 2. The van der Waals surface area contributed by atoms with Crippen molar-refractivity contribution in [3.05, 3.63) is 54.1 Å². The second kappa shape index (κ2) is 5.72. The van der Waals surface area contributed by atoms with Crippen LogP contribution in [0.1, 0.15) is 5.56 Å². The van der Waals surface area contributed by atoms with Crippen LogP contribution in [-0.4, -0.2) is 18.5 Å². The molecule has 0 atom stereocenters. The van der Waals surface area contributed by atoms with Gasteiger partial charge in [0, 0.05) is 5.56 Å². The monoisotopic (exact) mass is 243 g/mol. The third-order valence-electron chi connectivity index (χ3n) is 2.40. The van der Waals surface area contributed by atoms with Crippen LogP contribution in [0.2, 0.25) is 0 Å². The minimum atomic E-state index is 0.625. The number of para-hydroxylation sites is 1. The predicted octanol–water partition coefficient (Wildman–Crippen LogP) is 3.30. The maximum Gasteiger partial charge on any atom is 0.136 e. The summed E-state index contributed by atoms with van der Waals surface area (Å²) >= 11 is 0.